The molecule has 0 amide bonds. The van der Waals surface area contributed by atoms with Gasteiger partial charge in [-0.15, -0.1) is 0 Å². The molecule has 2 rings (SSSR count). The van der Waals surface area contributed by atoms with E-state index in [1.165, 1.54) is 58.4 Å². The lowest BCUT2D eigenvalue weighted by molar-refractivity contribution is 0.255. The van der Waals surface area contributed by atoms with Crippen LogP contribution in [0.15, 0.2) is 0 Å². The molecule has 0 aromatic carbocycles. The molecule has 2 fully saturated rings. The number of nitrogens with zero attached hydrogens (tertiary/aromatic N) is 2. The predicted octanol–water partition coefficient (Wildman–Crippen LogP) is 0.753. The summed E-state index contributed by atoms with van der Waals surface area (Å²) in [7, 11) is 0. The van der Waals surface area contributed by atoms with Crippen LogP contribution in [0, 0.1) is 5.92 Å². The standard InChI is InChI=1S/C12H25N3/c13-5-9-15-7-1-6-14(10-11-15)8-4-12-2-3-12/h12H,1-11,13H2. The van der Waals surface area contributed by atoms with Gasteiger partial charge in [0, 0.05) is 26.2 Å². The van der Waals surface area contributed by atoms with Gasteiger partial charge in [-0.2, -0.15) is 0 Å². The second-order valence-corrected chi connectivity index (χ2v) is 5.06. The highest BCUT2D eigenvalue weighted by Crippen LogP contribution is 2.32. The fourth-order valence-corrected chi connectivity index (χ4v) is 2.43. The summed E-state index contributed by atoms with van der Waals surface area (Å²) in [6.07, 6.45) is 5.75. The first-order valence-corrected chi connectivity index (χ1v) is 6.53. The summed E-state index contributed by atoms with van der Waals surface area (Å²) in [6, 6.07) is 0. The summed E-state index contributed by atoms with van der Waals surface area (Å²) in [5.41, 5.74) is 5.60. The Morgan fingerprint density at radius 3 is 2.20 bits per heavy atom. The summed E-state index contributed by atoms with van der Waals surface area (Å²) < 4.78 is 0. The molecule has 0 radical (unpaired) electrons. The van der Waals surface area contributed by atoms with E-state index in [9.17, 15) is 0 Å². The zero-order valence-electron chi connectivity index (χ0n) is 9.83. The lowest BCUT2D eigenvalue weighted by Crippen LogP contribution is -2.34. The van der Waals surface area contributed by atoms with Crippen LogP contribution >= 0.6 is 0 Å². The maximum absolute atomic E-state index is 5.60. The van der Waals surface area contributed by atoms with E-state index < -0.39 is 0 Å². The van der Waals surface area contributed by atoms with Crippen molar-refractivity contribution in [2.45, 2.75) is 25.7 Å². The normalized spacial score (nSPS) is 25.4. The smallest absolute Gasteiger partial charge is 0.0110 e. The summed E-state index contributed by atoms with van der Waals surface area (Å²) in [5, 5.41) is 0. The number of hydrogen-bond acceptors (Lipinski definition) is 3. The van der Waals surface area contributed by atoms with Crippen LogP contribution in [0.4, 0.5) is 0 Å². The van der Waals surface area contributed by atoms with E-state index in [1.807, 2.05) is 0 Å². The minimum atomic E-state index is 0.808. The first-order valence-electron chi connectivity index (χ1n) is 6.53. The Balaban J connectivity index is 1.64. The Kier molecular flexibility index (Phi) is 4.42. The first-order chi connectivity index (χ1) is 7.38. The van der Waals surface area contributed by atoms with E-state index in [4.69, 9.17) is 5.73 Å². The van der Waals surface area contributed by atoms with Crippen molar-refractivity contribution < 1.29 is 0 Å². The summed E-state index contributed by atoms with van der Waals surface area (Å²) >= 11 is 0. The van der Waals surface area contributed by atoms with Crippen LogP contribution in [-0.2, 0) is 0 Å². The number of nitrogens with two attached hydrogens (primary N) is 1. The Bertz CT molecular complexity index is 180. The van der Waals surface area contributed by atoms with Crippen molar-refractivity contribution in [3.8, 4) is 0 Å². The van der Waals surface area contributed by atoms with E-state index in [0.29, 0.717) is 0 Å². The van der Waals surface area contributed by atoms with Crippen LogP contribution in [0.5, 0.6) is 0 Å². The fourth-order valence-electron chi connectivity index (χ4n) is 2.43. The molecule has 3 nitrogen and oxygen atoms in total. The van der Waals surface area contributed by atoms with E-state index in [-0.39, 0.29) is 0 Å². The Morgan fingerprint density at radius 2 is 1.60 bits per heavy atom. The third-order valence-electron chi connectivity index (χ3n) is 3.68. The molecule has 0 atom stereocenters. The lowest BCUT2D eigenvalue weighted by Gasteiger charge is -2.21. The molecule has 1 saturated carbocycles. The Labute approximate surface area is 93.6 Å². The Hall–Kier alpha value is -0.120. The molecule has 15 heavy (non-hydrogen) atoms. The Morgan fingerprint density at radius 1 is 0.933 bits per heavy atom. The second kappa shape index (κ2) is 5.83. The SMILES string of the molecule is NCCN1CCCN(CCC2CC2)CC1. The molecule has 1 aliphatic carbocycles. The minimum absolute atomic E-state index is 0.808. The van der Waals surface area contributed by atoms with E-state index in [1.54, 1.807) is 0 Å². The molecular formula is C12H25N3. The lowest BCUT2D eigenvalue weighted by atomic mass is 10.2. The van der Waals surface area contributed by atoms with Crippen LogP contribution in [0.1, 0.15) is 25.7 Å². The van der Waals surface area contributed by atoms with Gasteiger partial charge in [0.1, 0.15) is 0 Å². The van der Waals surface area contributed by atoms with Gasteiger partial charge in [0.2, 0.25) is 0 Å². The van der Waals surface area contributed by atoms with Crippen molar-refractivity contribution in [3.05, 3.63) is 0 Å². The molecule has 3 heteroatoms. The van der Waals surface area contributed by atoms with Crippen molar-refractivity contribution in [2.75, 3.05) is 45.8 Å². The largest absolute Gasteiger partial charge is 0.329 e. The molecule has 1 heterocycles. The molecule has 0 aromatic heterocycles. The molecule has 0 unspecified atom stereocenters. The first kappa shape index (κ1) is 11.4. The highest BCUT2D eigenvalue weighted by atomic mass is 15.2. The van der Waals surface area contributed by atoms with E-state index >= 15 is 0 Å². The van der Waals surface area contributed by atoms with Crippen molar-refractivity contribution in [2.24, 2.45) is 11.7 Å². The van der Waals surface area contributed by atoms with Gasteiger partial charge in [0.05, 0.1) is 0 Å². The summed E-state index contributed by atoms with van der Waals surface area (Å²) in [6.45, 7) is 8.25. The van der Waals surface area contributed by atoms with Crippen LogP contribution in [0.25, 0.3) is 0 Å². The van der Waals surface area contributed by atoms with Crippen molar-refractivity contribution >= 4 is 0 Å². The van der Waals surface area contributed by atoms with Gasteiger partial charge in [-0.1, -0.05) is 12.8 Å². The molecule has 1 saturated heterocycles. The third-order valence-corrected chi connectivity index (χ3v) is 3.68. The molecule has 0 spiro atoms. The van der Waals surface area contributed by atoms with Crippen LogP contribution < -0.4 is 5.73 Å². The monoisotopic (exact) mass is 211 g/mol. The maximum Gasteiger partial charge on any atom is 0.0110 e. The van der Waals surface area contributed by atoms with Crippen molar-refractivity contribution in [3.63, 3.8) is 0 Å². The van der Waals surface area contributed by atoms with Crippen molar-refractivity contribution in [1.29, 1.82) is 0 Å². The minimum Gasteiger partial charge on any atom is -0.329 e. The average molecular weight is 211 g/mol. The second-order valence-electron chi connectivity index (χ2n) is 5.06. The molecular weight excluding hydrogens is 186 g/mol. The number of hydrogen-bond donors (Lipinski definition) is 1. The average Bonchev–Trinajstić information content (AvgIpc) is 3.02. The predicted molar refractivity (Wildman–Crippen MR) is 63.9 cm³/mol. The van der Waals surface area contributed by atoms with Gasteiger partial charge in [0.25, 0.3) is 0 Å². The van der Waals surface area contributed by atoms with Crippen LogP contribution in [-0.4, -0.2) is 55.6 Å². The molecule has 0 bridgehead atoms. The molecule has 2 N–H and O–H groups in total. The highest BCUT2D eigenvalue weighted by Gasteiger charge is 2.22. The fraction of sp³-hybridized carbons (Fsp3) is 1.00. The van der Waals surface area contributed by atoms with Gasteiger partial charge in [-0.05, 0) is 38.4 Å². The third kappa shape index (κ3) is 4.09. The van der Waals surface area contributed by atoms with E-state index in [0.717, 1.165) is 19.0 Å². The molecule has 88 valence electrons. The van der Waals surface area contributed by atoms with Gasteiger partial charge in [0.15, 0.2) is 0 Å². The van der Waals surface area contributed by atoms with Gasteiger partial charge >= 0.3 is 0 Å². The zero-order valence-corrected chi connectivity index (χ0v) is 9.83. The molecule has 0 aromatic rings. The highest BCUT2D eigenvalue weighted by molar-refractivity contribution is 4.76. The van der Waals surface area contributed by atoms with Crippen LogP contribution in [0.3, 0.4) is 0 Å². The summed E-state index contributed by atoms with van der Waals surface area (Å²) in [5.74, 6) is 1.08. The summed E-state index contributed by atoms with van der Waals surface area (Å²) in [4.78, 5) is 5.16. The quantitative estimate of drug-likeness (QED) is 0.728. The van der Waals surface area contributed by atoms with Crippen molar-refractivity contribution in [1.82, 2.24) is 9.80 Å². The van der Waals surface area contributed by atoms with Gasteiger partial charge in [-0.3, -0.25) is 0 Å². The van der Waals surface area contributed by atoms with Gasteiger partial charge in [-0.25, -0.2) is 0 Å². The topological polar surface area (TPSA) is 32.5 Å². The maximum atomic E-state index is 5.60. The zero-order chi connectivity index (χ0) is 10.5. The molecule has 2 aliphatic rings. The van der Waals surface area contributed by atoms with Crippen LogP contribution in [0.2, 0.25) is 0 Å². The molecule has 1 aliphatic heterocycles. The van der Waals surface area contributed by atoms with Gasteiger partial charge < -0.3 is 15.5 Å². The number of rotatable bonds is 5. The van der Waals surface area contributed by atoms with E-state index in [2.05, 4.69) is 9.80 Å².